The Bertz CT molecular complexity index is 1330. The van der Waals surface area contributed by atoms with E-state index in [2.05, 4.69) is 11.7 Å². The third kappa shape index (κ3) is 7.62. The van der Waals surface area contributed by atoms with Crippen LogP contribution in [0.15, 0.2) is 42.5 Å². The number of halogens is 8. The van der Waals surface area contributed by atoms with Gasteiger partial charge in [0.25, 0.3) is 0 Å². The molecule has 0 N–H and O–H groups in total. The van der Waals surface area contributed by atoms with Crippen LogP contribution in [0.3, 0.4) is 0 Å². The van der Waals surface area contributed by atoms with E-state index in [1.807, 2.05) is 0 Å². The summed E-state index contributed by atoms with van der Waals surface area (Å²) in [5.41, 5.74) is -0.774. The number of hydrogen-bond donors (Lipinski definition) is 0. The molecule has 0 aliphatic heterocycles. The van der Waals surface area contributed by atoms with Crippen LogP contribution in [0.2, 0.25) is 0 Å². The van der Waals surface area contributed by atoms with Crippen LogP contribution >= 0.6 is 0 Å². The Hall–Kier alpha value is -3.50. The minimum absolute atomic E-state index is 0.210. The third-order valence-electron chi connectivity index (χ3n) is 7.05. The van der Waals surface area contributed by atoms with Crippen molar-refractivity contribution in [3.05, 3.63) is 77.4 Å². The van der Waals surface area contributed by atoms with Gasteiger partial charge in [0.2, 0.25) is 11.6 Å². The summed E-state index contributed by atoms with van der Waals surface area (Å²) < 4.78 is 127. The molecule has 3 aromatic rings. The van der Waals surface area contributed by atoms with Gasteiger partial charge < -0.3 is 14.2 Å². The van der Waals surface area contributed by atoms with Gasteiger partial charge in [-0.2, -0.15) is 17.6 Å². The molecule has 41 heavy (non-hydrogen) atoms. The maximum absolute atomic E-state index is 14.5. The fourth-order valence-corrected chi connectivity index (χ4v) is 4.91. The van der Waals surface area contributed by atoms with Gasteiger partial charge in [0.1, 0.15) is 11.6 Å². The summed E-state index contributed by atoms with van der Waals surface area (Å²) in [6.45, 7) is 0.797. The van der Waals surface area contributed by atoms with E-state index in [9.17, 15) is 35.1 Å². The lowest BCUT2D eigenvalue weighted by Gasteiger charge is -2.28. The van der Waals surface area contributed by atoms with Crippen LogP contribution in [0.4, 0.5) is 35.1 Å². The lowest BCUT2D eigenvalue weighted by Crippen LogP contribution is -2.32. The Balaban J connectivity index is 1.34. The predicted octanol–water partition coefficient (Wildman–Crippen LogP) is 9.22. The smallest absolute Gasteiger partial charge is 0.433 e. The SMILES string of the molecule is CCCC1CCC(COc2ccc(OCC(F)(F)Oc3ccc(-c4cc(F)c(F)c(F)c4)c(F)c3)c(F)c2F)CC1. The topological polar surface area (TPSA) is 27.7 Å². The Kier molecular flexibility index (Phi) is 9.65. The summed E-state index contributed by atoms with van der Waals surface area (Å²) in [4.78, 5) is 0. The molecule has 1 aliphatic carbocycles. The highest BCUT2D eigenvalue weighted by Crippen LogP contribution is 2.34. The summed E-state index contributed by atoms with van der Waals surface area (Å²) in [6.07, 6.45) is 2.17. The van der Waals surface area contributed by atoms with Crippen LogP contribution in [-0.4, -0.2) is 19.3 Å². The summed E-state index contributed by atoms with van der Waals surface area (Å²) >= 11 is 0. The van der Waals surface area contributed by atoms with Crippen molar-refractivity contribution < 1.29 is 49.3 Å². The predicted molar refractivity (Wildman–Crippen MR) is 135 cm³/mol. The maximum atomic E-state index is 14.5. The van der Waals surface area contributed by atoms with Gasteiger partial charge in [-0.3, -0.25) is 0 Å². The quantitative estimate of drug-likeness (QED) is 0.165. The van der Waals surface area contributed by atoms with Gasteiger partial charge in [-0.1, -0.05) is 32.6 Å². The molecule has 3 nitrogen and oxygen atoms in total. The monoisotopic (exact) mass is 588 g/mol. The number of hydrogen-bond acceptors (Lipinski definition) is 3. The molecule has 3 aromatic carbocycles. The maximum Gasteiger partial charge on any atom is 0.433 e. The van der Waals surface area contributed by atoms with Gasteiger partial charge in [0, 0.05) is 11.6 Å². The first kappa shape index (κ1) is 30.5. The van der Waals surface area contributed by atoms with Crippen LogP contribution in [0.5, 0.6) is 17.2 Å². The second-order valence-electron chi connectivity index (χ2n) is 10.1. The summed E-state index contributed by atoms with van der Waals surface area (Å²) in [5, 5.41) is 0. The molecule has 11 heteroatoms. The lowest BCUT2D eigenvalue weighted by atomic mass is 9.80. The zero-order chi connectivity index (χ0) is 29.7. The van der Waals surface area contributed by atoms with Crippen molar-refractivity contribution in [3.8, 4) is 28.4 Å². The summed E-state index contributed by atoms with van der Waals surface area (Å²) in [6, 6.07) is 5.43. The van der Waals surface area contributed by atoms with Gasteiger partial charge in [0.15, 0.2) is 35.6 Å². The average molecular weight is 589 g/mol. The number of rotatable bonds is 11. The first-order chi connectivity index (χ1) is 19.5. The second kappa shape index (κ2) is 13.0. The fourth-order valence-electron chi connectivity index (χ4n) is 4.91. The van der Waals surface area contributed by atoms with Crippen molar-refractivity contribution in [2.24, 2.45) is 11.8 Å². The number of ether oxygens (including phenoxy) is 3. The van der Waals surface area contributed by atoms with Crippen LogP contribution in [0.1, 0.15) is 45.4 Å². The molecule has 0 aromatic heterocycles. The van der Waals surface area contributed by atoms with Crippen LogP contribution in [-0.2, 0) is 0 Å². The van der Waals surface area contributed by atoms with Crippen molar-refractivity contribution in [2.75, 3.05) is 13.2 Å². The van der Waals surface area contributed by atoms with E-state index in [1.54, 1.807) is 0 Å². The highest BCUT2D eigenvalue weighted by atomic mass is 19.3. The molecule has 0 spiro atoms. The zero-order valence-corrected chi connectivity index (χ0v) is 22.1. The van der Waals surface area contributed by atoms with Gasteiger partial charge >= 0.3 is 6.11 Å². The highest BCUT2D eigenvalue weighted by Gasteiger charge is 2.34. The molecule has 1 saturated carbocycles. The Labute approximate surface area is 232 Å². The zero-order valence-electron chi connectivity index (χ0n) is 22.1. The summed E-state index contributed by atoms with van der Waals surface area (Å²) in [5.74, 6) is -9.90. The molecule has 1 fully saturated rings. The minimum atomic E-state index is -4.11. The Morgan fingerprint density at radius 1 is 0.707 bits per heavy atom. The van der Waals surface area contributed by atoms with Crippen molar-refractivity contribution >= 4 is 0 Å². The summed E-state index contributed by atoms with van der Waals surface area (Å²) in [7, 11) is 0. The first-order valence-corrected chi connectivity index (χ1v) is 13.2. The molecule has 0 radical (unpaired) electrons. The average Bonchev–Trinajstić information content (AvgIpc) is 2.92. The van der Waals surface area contributed by atoms with Crippen LogP contribution in [0.25, 0.3) is 11.1 Å². The van der Waals surface area contributed by atoms with Crippen molar-refractivity contribution in [1.82, 2.24) is 0 Å². The largest absolute Gasteiger partial charge is 0.490 e. The van der Waals surface area contributed by atoms with Gasteiger partial charge in [-0.15, -0.1) is 0 Å². The van der Waals surface area contributed by atoms with E-state index in [-0.39, 0.29) is 23.8 Å². The van der Waals surface area contributed by atoms with E-state index >= 15 is 0 Å². The van der Waals surface area contributed by atoms with Crippen LogP contribution in [0, 0.1) is 46.7 Å². The highest BCUT2D eigenvalue weighted by molar-refractivity contribution is 5.65. The number of alkyl halides is 2. The fraction of sp³-hybridized carbons (Fsp3) is 0.400. The van der Waals surface area contributed by atoms with E-state index in [4.69, 9.17) is 9.47 Å². The molecule has 4 rings (SSSR count). The Morgan fingerprint density at radius 3 is 1.88 bits per heavy atom. The van der Waals surface area contributed by atoms with Gasteiger partial charge in [-0.05, 0) is 66.6 Å². The molecular weight excluding hydrogens is 560 g/mol. The lowest BCUT2D eigenvalue weighted by molar-refractivity contribution is -0.195. The van der Waals surface area contributed by atoms with Crippen LogP contribution < -0.4 is 14.2 Å². The molecule has 0 unspecified atom stereocenters. The van der Waals surface area contributed by atoms with Gasteiger partial charge in [-0.25, -0.2) is 17.6 Å². The second-order valence-corrected chi connectivity index (χ2v) is 10.1. The molecule has 0 saturated heterocycles. The molecular formula is C30H28F8O3. The van der Waals surface area contributed by atoms with E-state index < -0.39 is 64.7 Å². The van der Waals surface area contributed by atoms with Crippen molar-refractivity contribution in [3.63, 3.8) is 0 Å². The van der Waals surface area contributed by atoms with Gasteiger partial charge in [0.05, 0.1) is 6.61 Å². The molecule has 0 heterocycles. The van der Waals surface area contributed by atoms with E-state index in [0.717, 1.165) is 56.4 Å². The standard InChI is InChI=1S/C30H28F8O3/c1-2-3-17-4-6-18(7-5-17)15-39-25-10-11-26(29(36)28(25)35)40-16-30(37,38)41-20-8-9-21(22(31)14-20)19-12-23(32)27(34)24(33)13-19/h8-14,17-18H,2-7,15-16H2,1H3. The van der Waals surface area contributed by atoms with Crippen molar-refractivity contribution in [2.45, 2.75) is 51.6 Å². The third-order valence-corrected chi connectivity index (χ3v) is 7.05. The molecule has 0 amide bonds. The van der Waals surface area contributed by atoms with E-state index in [0.29, 0.717) is 24.1 Å². The number of benzene rings is 3. The molecule has 0 bridgehead atoms. The molecule has 0 atom stereocenters. The normalized spacial score (nSPS) is 17.4. The molecule has 222 valence electrons. The first-order valence-electron chi connectivity index (χ1n) is 13.2. The minimum Gasteiger partial charge on any atom is -0.490 e. The molecule has 1 aliphatic rings. The van der Waals surface area contributed by atoms with Crippen molar-refractivity contribution in [1.29, 1.82) is 0 Å². The van der Waals surface area contributed by atoms with E-state index in [1.165, 1.54) is 6.42 Å². The Morgan fingerprint density at radius 2 is 1.29 bits per heavy atom.